The molecule has 0 aromatic heterocycles. The van der Waals surface area contributed by atoms with Crippen LogP contribution in [0.4, 0.5) is 14.5 Å². The zero-order chi connectivity index (χ0) is 32.6. The Balaban J connectivity index is 1.83. The minimum atomic E-state index is -4.46. The summed E-state index contributed by atoms with van der Waals surface area (Å²) in [7, 11) is -4.46. The number of amides is 2. The van der Waals surface area contributed by atoms with Crippen LogP contribution in [0.25, 0.3) is 0 Å². The fourth-order valence-corrected chi connectivity index (χ4v) is 6.23. The molecule has 2 amide bonds. The Labute approximate surface area is 263 Å². The van der Waals surface area contributed by atoms with Crippen LogP contribution in [0.5, 0.6) is 0 Å². The summed E-state index contributed by atoms with van der Waals surface area (Å²) in [6.07, 6.45) is 0.703. The predicted octanol–water partition coefficient (Wildman–Crippen LogP) is 6.02. The lowest BCUT2D eigenvalue weighted by atomic mass is 10.0. The number of sulfonamides is 1. The Morgan fingerprint density at radius 2 is 1.42 bits per heavy atom. The van der Waals surface area contributed by atoms with Gasteiger partial charge in [-0.25, -0.2) is 17.2 Å². The molecule has 7 nitrogen and oxygen atoms in total. The maximum atomic E-state index is 15.2. The first-order chi connectivity index (χ1) is 21.5. The van der Waals surface area contributed by atoms with Crippen molar-refractivity contribution in [1.82, 2.24) is 10.2 Å². The highest BCUT2D eigenvalue weighted by Crippen LogP contribution is 2.27. The number of hydrogen-bond acceptors (Lipinski definition) is 4. The van der Waals surface area contributed by atoms with Gasteiger partial charge in [0.1, 0.15) is 24.2 Å². The number of halogens is 2. The topological polar surface area (TPSA) is 86.8 Å². The average Bonchev–Trinajstić information content (AvgIpc) is 3.03. The molecule has 2 atom stereocenters. The molecule has 0 radical (unpaired) electrons. The van der Waals surface area contributed by atoms with Crippen molar-refractivity contribution in [1.29, 1.82) is 0 Å². The standard InChI is InChI=1S/C35H37F2N3O4S/c1-4-26(3)38-35(42)33(22-27-12-6-5-7-13-27)39(23-28-14-8-9-15-30(28)36)34(41)24-40(32-17-11-10-16-31(32)37)45(43,44)29-20-18-25(2)19-21-29/h5-21,26,33H,4,22-24H2,1-3H3,(H,38,42)/t26-,33+/m1/s1. The molecule has 0 unspecified atom stereocenters. The fraction of sp³-hybridized carbons (Fsp3) is 0.257. The van der Waals surface area contributed by atoms with E-state index in [1.54, 1.807) is 37.3 Å². The number of anilines is 1. The number of nitrogens with one attached hydrogen (secondary N) is 1. The monoisotopic (exact) mass is 633 g/mol. The van der Waals surface area contributed by atoms with Gasteiger partial charge in [-0.05, 0) is 56.2 Å². The van der Waals surface area contributed by atoms with Crippen LogP contribution >= 0.6 is 0 Å². The van der Waals surface area contributed by atoms with E-state index in [9.17, 15) is 22.4 Å². The van der Waals surface area contributed by atoms with Crippen molar-refractivity contribution in [3.63, 3.8) is 0 Å². The molecule has 4 aromatic rings. The van der Waals surface area contributed by atoms with E-state index in [0.29, 0.717) is 10.7 Å². The summed E-state index contributed by atoms with van der Waals surface area (Å²) < 4.78 is 58.9. The fourth-order valence-electron chi connectivity index (χ4n) is 4.81. The summed E-state index contributed by atoms with van der Waals surface area (Å²) in [6.45, 7) is 4.36. The number of carbonyl (C=O) groups excluding carboxylic acids is 2. The van der Waals surface area contributed by atoms with Crippen molar-refractivity contribution in [2.75, 3.05) is 10.8 Å². The second-order valence-corrected chi connectivity index (χ2v) is 12.8. The number of rotatable bonds is 13. The van der Waals surface area contributed by atoms with Crippen molar-refractivity contribution < 1.29 is 26.8 Å². The SMILES string of the molecule is CC[C@@H](C)NC(=O)[C@H](Cc1ccccc1)N(Cc1ccccc1F)C(=O)CN(c1ccccc1F)S(=O)(=O)c1ccc(C)cc1. The normalized spacial score (nSPS) is 12.6. The highest BCUT2D eigenvalue weighted by atomic mass is 32.2. The Morgan fingerprint density at radius 1 is 0.822 bits per heavy atom. The van der Waals surface area contributed by atoms with Gasteiger partial charge in [-0.2, -0.15) is 0 Å². The van der Waals surface area contributed by atoms with Gasteiger partial charge in [-0.1, -0.05) is 85.3 Å². The van der Waals surface area contributed by atoms with E-state index in [1.165, 1.54) is 53.4 Å². The quantitative estimate of drug-likeness (QED) is 0.195. The molecule has 0 heterocycles. The number of para-hydroxylation sites is 1. The van der Waals surface area contributed by atoms with E-state index in [-0.39, 0.29) is 35.2 Å². The van der Waals surface area contributed by atoms with Gasteiger partial charge < -0.3 is 10.2 Å². The maximum Gasteiger partial charge on any atom is 0.264 e. The lowest BCUT2D eigenvalue weighted by Gasteiger charge is -2.34. The smallest absolute Gasteiger partial charge is 0.264 e. The summed E-state index contributed by atoms with van der Waals surface area (Å²) in [6, 6.07) is 24.8. The largest absolute Gasteiger partial charge is 0.352 e. The van der Waals surface area contributed by atoms with Crippen molar-refractivity contribution in [2.45, 2.75) is 57.1 Å². The van der Waals surface area contributed by atoms with E-state index >= 15 is 4.39 Å². The van der Waals surface area contributed by atoms with E-state index < -0.39 is 46.1 Å². The first kappa shape index (κ1) is 33.3. The van der Waals surface area contributed by atoms with Gasteiger partial charge in [0.2, 0.25) is 11.8 Å². The van der Waals surface area contributed by atoms with E-state index in [0.717, 1.165) is 17.2 Å². The van der Waals surface area contributed by atoms with Gasteiger partial charge in [0.25, 0.3) is 10.0 Å². The Morgan fingerprint density at radius 3 is 2.04 bits per heavy atom. The zero-order valence-electron chi connectivity index (χ0n) is 25.5. The molecule has 0 aliphatic heterocycles. The van der Waals surface area contributed by atoms with Crippen LogP contribution in [-0.2, 0) is 32.6 Å². The third kappa shape index (κ3) is 8.33. The molecule has 0 aliphatic carbocycles. The summed E-state index contributed by atoms with van der Waals surface area (Å²) in [5.41, 5.74) is 1.36. The molecule has 1 N–H and O–H groups in total. The van der Waals surface area contributed by atoms with E-state index in [2.05, 4.69) is 5.32 Å². The number of aryl methyl sites for hydroxylation is 1. The maximum absolute atomic E-state index is 15.2. The number of hydrogen-bond donors (Lipinski definition) is 1. The lowest BCUT2D eigenvalue weighted by Crippen LogP contribution is -2.54. The van der Waals surface area contributed by atoms with Crippen molar-refractivity contribution in [2.24, 2.45) is 0 Å². The second kappa shape index (κ2) is 14.9. The molecule has 0 saturated heterocycles. The van der Waals surface area contributed by atoms with Gasteiger partial charge >= 0.3 is 0 Å². The first-order valence-corrected chi connectivity index (χ1v) is 16.2. The molecule has 0 saturated carbocycles. The lowest BCUT2D eigenvalue weighted by molar-refractivity contribution is -0.140. The molecular formula is C35H37F2N3O4S. The van der Waals surface area contributed by atoms with Crippen LogP contribution in [0.2, 0.25) is 0 Å². The highest BCUT2D eigenvalue weighted by Gasteiger charge is 2.36. The van der Waals surface area contributed by atoms with Crippen LogP contribution in [-0.4, -0.2) is 43.8 Å². The van der Waals surface area contributed by atoms with Crippen molar-refractivity contribution in [3.8, 4) is 0 Å². The van der Waals surface area contributed by atoms with Crippen LogP contribution < -0.4 is 9.62 Å². The summed E-state index contributed by atoms with van der Waals surface area (Å²) >= 11 is 0. The summed E-state index contributed by atoms with van der Waals surface area (Å²) in [4.78, 5) is 29.2. The van der Waals surface area contributed by atoms with Gasteiger partial charge in [-0.15, -0.1) is 0 Å². The van der Waals surface area contributed by atoms with E-state index in [1.807, 2.05) is 32.0 Å². The molecular weight excluding hydrogens is 596 g/mol. The van der Waals surface area contributed by atoms with Crippen molar-refractivity contribution in [3.05, 3.63) is 131 Å². The van der Waals surface area contributed by atoms with Crippen molar-refractivity contribution >= 4 is 27.5 Å². The Hall–Kier alpha value is -4.57. The highest BCUT2D eigenvalue weighted by molar-refractivity contribution is 7.92. The minimum Gasteiger partial charge on any atom is -0.352 e. The summed E-state index contributed by atoms with van der Waals surface area (Å²) in [5.74, 6) is -2.72. The molecule has 0 spiro atoms. The first-order valence-electron chi connectivity index (χ1n) is 14.7. The molecule has 4 aromatic carbocycles. The molecule has 0 bridgehead atoms. The number of benzene rings is 4. The molecule has 4 rings (SSSR count). The zero-order valence-corrected chi connectivity index (χ0v) is 26.3. The van der Waals surface area contributed by atoms with Gasteiger partial charge in [0, 0.05) is 24.6 Å². The van der Waals surface area contributed by atoms with E-state index in [4.69, 9.17) is 0 Å². The van der Waals surface area contributed by atoms with Crippen LogP contribution in [0.1, 0.15) is 37.0 Å². The second-order valence-electron chi connectivity index (χ2n) is 10.9. The minimum absolute atomic E-state index is 0.0771. The van der Waals surface area contributed by atoms with Gasteiger partial charge in [0.05, 0.1) is 10.6 Å². The molecule has 236 valence electrons. The molecule has 0 aliphatic rings. The van der Waals surface area contributed by atoms with Crippen LogP contribution in [0.3, 0.4) is 0 Å². The third-order valence-electron chi connectivity index (χ3n) is 7.58. The molecule has 10 heteroatoms. The Bertz CT molecular complexity index is 1720. The Kier molecular flexibility index (Phi) is 11.1. The molecule has 45 heavy (non-hydrogen) atoms. The molecule has 0 fully saturated rings. The number of nitrogens with zero attached hydrogens (tertiary/aromatic N) is 2. The van der Waals surface area contributed by atoms with Gasteiger partial charge in [0.15, 0.2) is 0 Å². The predicted molar refractivity (Wildman–Crippen MR) is 171 cm³/mol. The van der Waals surface area contributed by atoms with Crippen LogP contribution in [0, 0.1) is 18.6 Å². The van der Waals surface area contributed by atoms with Gasteiger partial charge in [-0.3, -0.25) is 13.9 Å². The van der Waals surface area contributed by atoms with Crippen LogP contribution in [0.15, 0.2) is 108 Å². The average molecular weight is 634 g/mol. The number of carbonyl (C=O) groups is 2. The summed E-state index contributed by atoms with van der Waals surface area (Å²) in [5, 5.41) is 2.92. The third-order valence-corrected chi connectivity index (χ3v) is 9.35.